The van der Waals surface area contributed by atoms with Crippen LogP contribution < -0.4 is 4.72 Å². The molecule has 0 aliphatic carbocycles. The molecule has 0 radical (unpaired) electrons. The summed E-state index contributed by atoms with van der Waals surface area (Å²) in [5, 5.41) is 11.1. The van der Waals surface area contributed by atoms with Crippen molar-refractivity contribution in [2.45, 2.75) is 18.4 Å². The smallest absolute Gasteiger partial charge is 0.241 e. The fourth-order valence-electron chi connectivity index (χ4n) is 1.92. The van der Waals surface area contributed by atoms with Gasteiger partial charge in [-0.25, -0.2) is 13.1 Å². The molecule has 0 saturated carbocycles. The van der Waals surface area contributed by atoms with Crippen molar-refractivity contribution in [1.82, 2.24) is 24.9 Å². The lowest BCUT2D eigenvalue weighted by molar-refractivity contribution is 0.433. The first-order valence-corrected chi connectivity index (χ1v) is 8.71. The number of thiophene rings is 1. The Balaban J connectivity index is 1.74. The minimum atomic E-state index is -3.58. The van der Waals surface area contributed by atoms with Crippen molar-refractivity contribution in [2.75, 3.05) is 6.54 Å². The van der Waals surface area contributed by atoms with Gasteiger partial charge in [0.25, 0.3) is 0 Å². The van der Waals surface area contributed by atoms with Gasteiger partial charge in [0, 0.05) is 23.7 Å². The van der Waals surface area contributed by atoms with Crippen LogP contribution in [0.3, 0.4) is 0 Å². The molecule has 0 amide bonds. The van der Waals surface area contributed by atoms with Crippen molar-refractivity contribution < 1.29 is 12.9 Å². The van der Waals surface area contributed by atoms with E-state index in [1.54, 1.807) is 36.1 Å². The van der Waals surface area contributed by atoms with Crippen molar-refractivity contribution in [2.24, 2.45) is 0 Å². The predicted octanol–water partition coefficient (Wildman–Crippen LogP) is 1.28. The lowest BCUT2D eigenvalue weighted by atomic mass is 10.3. The zero-order valence-corrected chi connectivity index (χ0v) is 13.3. The Kier molecular flexibility index (Phi) is 4.05. The van der Waals surface area contributed by atoms with Crippen LogP contribution in [0.4, 0.5) is 0 Å². The molecular weight excluding hydrogens is 326 g/mol. The molecule has 0 unspecified atom stereocenters. The van der Waals surface area contributed by atoms with E-state index < -0.39 is 10.0 Å². The summed E-state index contributed by atoms with van der Waals surface area (Å²) in [4.78, 5) is 1.67. The third-order valence-corrected chi connectivity index (χ3v) is 5.73. The van der Waals surface area contributed by atoms with E-state index in [9.17, 15) is 8.42 Å². The summed E-state index contributed by atoms with van der Waals surface area (Å²) in [5.41, 5.74) is 0. The van der Waals surface area contributed by atoms with E-state index in [2.05, 4.69) is 20.2 Å². The molecule has 0 aliphatic heterocycles. The maximum atomic E-state index is 12.4. The molecule has 3 aromatic rings. The van der Waals surface area contributed by atoms with Crippen molar-refractivity contribution in [3.63, 3.8) is 0 Å². The maximum Gasteiger partial charge on any atom is 0.241 e. The molecule has 3 rings (SSSR count). The van der Waals surface area contributed by atoms with Gasteiger partial charge in [0.15, 0.2) is 5.76 Å². The lowest BCUT2D eigenvalue weighted by Crippen LogP contribution is -2.27. The minimum absolute atomic E-state index is 0.235. The van der Waals surface area contributed by atoms with Crippen LogP contribution in [-0.2, 0) is 16.6 Å². The van der Waals surface area contributed by atoms with Crippen LogP contribution in [0.5, 0.6) is 0 Å². The minimum Gasteiger partial charge on any atom is -0.355 e. The SMILES string of the molecule is Cc1sc(-c2ccno2)cc1S(=O)(=O)NCCn1ccnn1. The first kappa shape index (κ1) is 14.9. The first-order chi connectivity index (χ1) is 10.6. The van der Waals surface area contributed by atoms with Crippen LogP contribution in [0.1, 0.15) is 4.88 Å². The van der Waals surface area contributed by atoms with Crippen LogP contribution in [-0.4, -0.2) is 35.1 Å². The Morgan fingerprint density at radius 3 is 2.95 bits per heavy atom. The largest absolute Gasteiger partial charge is 0.355 e. The monoisotopic (exact) mass is 339 g/mol. The van der Waals surface area contributed by atoms with Gasteiger partial charge in [-0.1, -0.05) is 10.4 Å². The molecule has 0 fully saturated rings. The van der Waals surface area contributed by atoms with Crippen LogP contribution >= 0.6 is 11.3 Å². The van der Waals surface area contributed by atoms with Crippen LogP contribution in [0.2, 0.25) is 0 Å². The maximum absolute atomic E-state index is 12.4. The van der Waals surface area contributed by atoms with Gasteiger partial charge in [-0.2, -0.15) is 0 Å². The van der Waals surface area contributed by atoms with Gasteiger partial charge in [-0.3, -0.25) is 4.68 Å². The number of hydrogen-bond donors (Lipinski definition) is 1. The van der Waals surface area contributed by atoms with Crippen LogP contribution in [0.25, 0.3) is 10.6 Å². The van der Waals surface area contributed by atoms with Crippen LogP contribution in [0, 0.1) is 6.92 Å². The molecule has 0 saturated heterocycles. The second-order valence-electron chi connectivity index (χ2n) is 4.47. The first-order valence-electron chi connectivity index (χ1n) is 6.41. The van der Waals surface area contributed by atoms with Gasteiger partial charge in [-0.15, -0.1) is 16.4 Å². The lowest BCUT2D eigenvalue weighted by Gasteiger charge is -2.05. The Bertz CT molecular complexity index is 838. The van der Waals surface area contributed by atoms with Crippen molar-refractivity contribution in [3.8, 4) is 10.6 Å². The summed E-state index contributed by atoms with van der Waals surface area (Å²) in [6, 6.07) is 3.29. The molecule has 0 bridgehead atoms. The van der Waals surface area contributed by atoms with E-state index in [0.717, 1.165) is 4.88 Å². The van der Waals surface area contributed by atoms with Crippen molar-refractivity contribution in [1.29, 1.82) is 0 Å². The highest BCUT2D eigenvalue weighted by Gasteiger charge is 2.21. The van der Waals surface area contributed by atoms with E-state index >= 15 is 0 Å². The standard InChI is InChI=1S/C12H13N5O3S2/c1-9-12(8-11(21-9)10-2-3-14-20-10)22(18,19)15-5-7-17-6-4-13-16-17/h2-4,6,8,15H,5,7H2,1H3. The van der Waals surface area contributed by atoms with E-state index in [-0.39, 0.29) is 11.4 Å². The highest BCUT2D eigenvalue weighted by atomic mass is 32.2. The number of nitrogens with zero attached hydrogens (tertiary/aromatic N) is 4. The summed E-state index contributed by atoms with van der Waals surface area (Å²) in [6.45, 7) is 2.41. The van der Waals surface area contributed by atoms with Gasteiger partial charge in [0.1, 0.15) is 0 Å². The zero-order valence-electron chi connectivity index (χ0n) is 11.6. The number of rotatable bonds is 6. The van der Waals surface area contributed by atoms with Crippen molar-refractivity contribution >= 4 is 21.4 Å². The second kappa shape index (κ2) is 5.99. The number of hydrogen-bond acceptors (Lipinski definition) is 7. The summed E-state index contributed by atoms with van der Waals surface area (Å²) >= 11 is 1.35. The van der Waals surface area contributed by atoms with E-state index in [4.69, 9.17) is 4.52 Å². The van der Waals surface area contributed by atoms with Gasteiger partial charge >= 0.3 is 0 Å². The summed E-state index contributed by atoms with van der Waals surface area (Å²) in [7, 11) is -3.58. The van der Waals surface area contributed by atoms with Gasteiger partial charge < -0.3 is 4.52 Å². The summed E-state index contributed by atoms with van der Waals surface area (Å²) in [5.74, 6) is 0.553. The molecule has 0 atom stereocenters. The zero-order chi connectivity index (χ0) is 15.6. The van der Waals surface area contributed by atoms with E-state index in [1.807, 2.05) is 0 Å². The molecule has 22 heavy (non-hydrogen) atoms. The molecule has 1 N–H and O–H groups in total. The third kappa shape index (κ3) is 3.08. The molecule has 0 aromatic carbocycles. The third-order valence-electron chi connectivity index (χ3n) is 2.95. The summed E-state index contributed by atoms with van der Waals surface area (Å²) in [6.07, 6.45) is 4.74. The predicted molar refractivity (Wildman–Crippen MR) is 79.8 cm³/mol. The Morgan fingerprint density at radius 2 is 2.27 bits per heavy atom. The second-order valence-corrected chi connectivity index (χ2v) is 7.46. The molecule has 10 heteroatoms. The molecular formula is C12H13N5O3S2. The summed E-state index contributed by atoms with van der Waals surface area (Å²) < 4.78 is 33.9. The van der Waals surface area contributed by atoms with Gasteiger partial charge in [-0.05, 0) is 13.0 Å². The van der Waals surface area contributed by atoms with Gasteiger partial charge in [0.05, 0.1) is 28.7 Å². The number of nitrogens with one attached hydrogen (secondary N) is 1. The molecule has 0 aliphatic rings. The average Bonchev–Trinajstić information content (AvgIpc) is 3.19. The Hall–Kier alpha value is -2.04. The quantitative estimate of drug-likeness (QED) is 0.726. The molecule has 0 spiro atoms. The van der Waals surface area contributed by atoms with Gasteiger partial charge in [0.2, 0.25) is 10.0 Å². The average molecular weight is 339 g/mol. The number of aryl methyl sites for hydroxylation is 1. The number of aromatic nitrogens is 4. The fourth-order valence-corrected chi connectivity index (χ4v) is 4.49. The topological polar surface area (TPSA) is 103 Å². The molecule has 116 valence electrons. The Labute approximate surface area is 130 Å². The highest BCUT2D eigenvalue weighted by Crippen LogP contribution is 2.33. The normalized spacial score (nSPS) is 11.9. The molecule has 3 heterocycles. The van der Waals surface area contributed by atoms with Crippen molar-refractivity contribution in [3.05, 3.63) is 35.6 Å². The Morgan fingerprint density at radius 1 is 1.41 bits per heavy atom. The highest BCUT2D eigenvalue weighted by molar-refractivity contribution is 7.89. The van der Waals surface area contributed by atoms with E-state index in [1.165, 1.54) is 17.5 Å². The molecule has 3 aromatic heterocycles. The van der Waals surface area contributed by atoms with E-state index in [0.29, 0.717) is 17.2 Å². The van der Waals surface area contributed by atoms with Crippen LogP contribution in [0.15, 0.2) is 40.1 Å². The fraction of sp³-hybridized carbons (Fsp3) is 0.250. The molecule has 8 nitrogen and oxygen atoms in total. The number of sulfonamides is 1.